The van der Waals surface area contributed by atoms with E-state index in [9.17, 15) is 19.7 Å². The first-order valence-corrected chi connectivity index (χ1v) is 15.1. The van der Waals surface area contributed by atoms with Gasteiger partial charge in [-0.25, -0.2) is 0 Å². The Hall–Kier alpha value is -4.14. The summed E-state index contributed by atoms with van der Waals surface area (Å²) in [5.74, 6) is -1.32. The first-order valence-electron chi connectivity index (χ1n) is 15.1. The molecule has 8 heteroatoms. The van der Waals surface area contributed by atoms with Gasteiger partial charge in [-0.3, -0.25) is 14.5 Å². The first-order chi connectivity index (χ1) is 20.8. The number of hydrogen-bond donors (Lipinski definition) is 3. The van der Waals surface area contributed by atoms with Crippen LogP contribution in [0.2, 0.25) is 6.32 Å². The Kier molecular flexibility index (Phi) is 8.24. The zero-order valence-corrected chi connectivity index (χ0v) is 24.6. The smallest absolute Gasteiger partial charge is 0.455 e. The van der Waals surface area contributed by atoms with Crippen molar-refractivity contribution in [2.75, 3.05) is 10.2 Å². The molecule has 0 unspecified atom stereocenters. The van der Waals surface area contributed by atoms with Crippen molar-refractivity contribution in [3.63, 3.8) is 0 Å². The summed E-state index contributed by atoms with van der Waals surface area (Å²) in [6.45, 7) is 4.11. The van der Waals surface area contributed by atoms with Crippen molar-refractivity contribution in [2.45, 2.75) is 52.0 Å². The van der Waals surface area contributed by atoms with E-state index in [1.54, 1.807) is 12.1 Å². The second-order valence-corrected chi connectivity index (χ2v) is 11.8. The fourth-order valence-corrected chi connectivity index (χ4v) is 7.05. The Bertz CT molecular complexity index is 1570. The van der Waals surface area contributed by atoms with Gasteiger partial charge in [0.05, 0.1) is 23.6 Å². The standard InChI is InChI=1S/C35H37BN2O5/c1-3-23-20-28-33(35(41)38(34(28)40)27-16-14-26(15-17-27)37-25-10-5-4-6-11-25)29-21-36(42)43-31(32(23)29)18-13-22(2)19-24-9-7-8-12-30(24)39/h4-12,14-17,19,28-29,31,33,37,39,42H,3,13,18,20-21H2,1-2H3/b22-19+/t28-,29+,31-,33-/m1/s1. The Morgan fingerprint density at radius 1 is 0.977 bits per heavy atom. The van der Waals surface area contributed by atoms with Gasteiger partial charge in [0.1, 0.15) is 5.75 Å². The van der Waals surface area contributed by atoms with E-state index < -0.39 is 19.0 Å². The number of carbonyl (C=O) groups is 2. The zero-order chi connectivity index (χ0) is 30.1. The van der Waals surface area contributed by atoms with Crippen LogP contribution in [0, 0.1) is 17.8 Å². The highest BCUT2D eigenvalue weighted by Crippen LogP contribution is 2.52. The summed E-state index contributed by atoms with van der Waals surface area (Å²) in [5, 5.41) is 24.3. The second-order valence-electron chi connectivity index (χ2n) is 11.8. The van der Waals surface area contributed by atoms with Gasteiger partial charge in [-0.2, -0.15) is 0 Å². The van der Waals surface area contributed by atoms with E-state index in [4.69, 9.17) is 4.65 Å². The Morgan fingerprint density at radius 3 is 2.40 bits per heavy atom. The quantitative estimate of drug-likeness (QED) is 0.156. The molecule has 0 bridgehead atoms. The van der Waals surface area contributed by atoms with Crippen molar-refractivity contribution in [1.29, 1.82) is 0 Å². The average Bonchev–Trinajstić information content (AvgIpc) is 3.26. The van der Waals surface area contributed by atoms with Gasteiger partial charge < -0.3 is 20.1 Å². The second kappa shape index (κ2) is 12.2. The van der Waals surface area contributed by atoms with Crippen LogP contribution in [0.5, 0.6) is 5.75 Å². The number of aromatic hydroxyl groups is 1. The molecule has 0 aromatic heterocycles. The fourth-order valence-electron chi connectivity index (χ4n) is 7.05. The number of hydrogen-bond acceptors (Lipinski definition) is 6. The van der Waals surface area contributed by atoms with Crippen LogP contribution in [0.3, 0.4) is 0 Å². The monoisotopic (exact) mass is 576 g/mol. The molecular weight excluding hydrogens is 539 g/mol. The Labute approximate surface area is 253 Å². The highest BCUT2D eigenvalue weighted by atomic mass is 16.5. The lowest BCUT2D eigenvalue weighted by atomic mass is 9.58. The molecule has 7 nitrogen and oxygen atoms in total. The number of fused-ring (bicyclic) bond motifs is 3. The van der Waals surface area contributed by atoms with E-state index in [1.807, 2.05) is 79.7 Å². The number of anilines is 3. The van der Waals surface area contributed by atoms with E-state index in [0.717, 1.165) is 40.1 Å². The van der Waals surface area contributed by atoms with Crippen molar-refractivity contribution in [2.24, 2.45) is 17.8 Å². The predicted octanol–water partition coefficient (Wildman–Crippen LogP) is 6.73. The molecule has 1 aliphatic carbocycles. The number of nitrogens with one attached hydrogen (secondary N) is 1. The molecular formula is C35H37BN2O5. The van der Waals surface area contributed by atoms with Crippen LogP contribution in [0.15, 0.2) is 95.6 Å². The minimum absolute atomic E-state index is 0.164. The van der Waals surface area contributed by atoms with Crippen molar-refractivity contribution < 1.29 is 24.4 Å². The minimum Gasteiger partial charge on any atom is -0.507 e. The lowest BCUT2D eigenvalue weighted by Crippen LogP contribution is -2.46. The largest absolute Gasteiger partial charge is 0.507 e. The number of allylic oxidation sites excluding steroid dienone is 2. The van der Waals surface area contributed by atoms with Crippen molar-refractivity contribution in [3.8, 4) is 5.75 Å². The van der Waals surface area contributed by atoms with Crippen LogP contribution in [0.25, 0.3) is 6.08 Å². The summed E-state index contributed by atoms with van der Waals surface area (Å²) in [6.07, 6.45) is 4.57. The molecule has 0 spiro atoms. The number of phenolic OH excluding ortho intramolecular Hbond substituents is 1. The number of phenols is 1. The molecule has 220 valence electrons. The van der Waals surface area contributed by atoms with Gasteiger partial charge in [0, 0.05) is 16.9 Å². The summed E-state index contributed by atoms with van der Waals surface area (Å²) in [5.41, 5.74) is 6.48. The number of para-hydroxylation sites is 2. The lowest BCUT2D eigenvalue weighted by Gasteiger charge is -2.43. The van der Waals surface area contributed by atoms with Crippen molar-refractivity contribution in [3.05, 3.63) is 101 Å². The van der Waals surface area contributed by atoms with Crippen LogP contribution in [-0.2, 0) is 14.2 Å². The number of benzene rings is 3. The van der Waals surface area contributed by atoms with Crippen LogP contribution in [0.4, 0.5) is 17.1 Å². The maximum atomic E-state index is 14.0. The third kappa shape index (κ3) is 5.77. The molecule has 3 aromatic rings. The Balaban J connectivity index is 1.22. The van der Waals surface area contributed by atoms with Gasteiger partial charge in [-0.15, -0.1) is 0 Å². The number of imide groups is 1. The SMILES string of the molecule is CCC1=C2[C@@H](CC/C(C)=C/c3ccccc3O)OB(O)C[C@@H]2[C@@H]2C(=O)N(c3ccc(Nc4ccccc4)cc3)C(=O)[C@@H]2C1. The molecule has 0 radical (unpaired) electrons. The maximum Gasteiger partial charge on any atom is 0.455 e. The molecule has 6 rings (SSSR count). The van der Waals surface area contributed by atoms with Gasteiger partial charge in [0.2, 0.25) is 11.8 Å². The van der Waals surface area contributed by atoms with Crippen molar-refractivity contribution >= 4 is 42.1 Å². The predicted molar refractivity (Wildman–Crippen MR) is 170 cm³/mol. The van der Waals surface area contributed by atoms with Crippen LogP contribution in [-0.4, -0.2) is 35.2 Å². The Morgan fingerprint density at radius 2 is 1.67 bits per heavy atom. The van der Waals surface area contributed by atoms with E-state index in [1.165, 1.54) is 4.90 Å². The topological polar surface area (TPSA) is 99.1 Å². The van der Waals surface area contributed by atoms with E-state index >= 15 is 0 Å². The summed E-state index contributed by atoms with van der Waals surface area (Å²) in [6, 6.07) is 24.4. The van der Waals surface area contributed by atoms with Crippen LogP contribution < -0.4 is 10.2 Å². The molecule has 43 heavy (non-hydrogen) atoms. The summed E-state index contributed by atoms with van der Waals surface area (Å²) < 4.78 is 6.10. The number of amides is 2. The normalized spacial score (nSPS) is 23.8. The molecule has 3 aromatic carbocycles. The van der Waals surface area contributed by atoms with Gasteiger partial charge in [-0.1, -0.05) is 60.5 Å². The maximum absolute atomic E-state index is 14.0. The average molecular weight is 577 g/mol. The van der Waals surface area contributed by atoms with Crippen LogP contribution in [0.1, 0.15) is 45.1 Å². The third-order valence-corrected chi connectivity index (χ3v) is 9.06. The highest BCUT2D eigenvalue weighted by Gasteiger charge is 2.57. The molecule has 0 saturated carbocycles. The van der Waals surface area contributed by atoms with Crippen molar-refractivity contribution in [1.82, 2.24) is 0 Å². The molecule has 2 heterocycles. The molecule has 3 N–H and O–H groups in total. The molecule has 2 amide bonds. The van der Waals surface area contributed by atoms with Gasteiger partial charge in [0.25, 0.3) is 0 Å². The molecule has 4 atom stereocenters. The highest BCUT2D eigenvalue weighted by molar-refractivity contribution is 6.43. The van der Waals surface area contributed by atoms with E-state index in [2.05, 4.69) is 12.2 Å². The summed E-state index contributed by atoms with van der Waals surface area (Å²) in [4.78, 5) is 29.1. The molecule has 2 fully saturated rings. The first kappa shape index (κ1) is 29.0. The van der Waals surface area contributed by atoms with Gasteiger partial charge in [-0.05, 0) is 92.9 Å². The van der Waals surface area contributed by atoms with Crippen LogP contribution >= 0.6 is 0 Å². The number of rotatable bonds is 8. The molecule has 2 aliphatic heterocycles. The van der Waals surface area contributed by atoms with E-state index in [0.29, 0.717) is 31.3 Å². The summed E-state index contributed by atoms with van der Waals surface area (Å²) >= 11 is 0. The minimum atomic E-state index is -1.00. The van der Waals surface area contributed by atoms with E-state index in [-0.39, 0.29) is 29.6 Å². The van der Waals surface area contributed by atoms with Gasteiger partial charge >= 0.3 is 7.12 Å². The number of nitrogens with zero attached hydrogens (tertiary/aromatic N) is 1. The molecule has 3 aliphatic rings. The summed E-state index contributed by atoms with van der Waals surface area (Å²) in [7, 11) is -1.00. The lowest BCUT2D eigenvalue weighted by molar-refractivity contribution is -0.122. The van der Waals surface area contributed by atoms with Gasteiger partial charge in [0.15, 0.2) is 0 Å². The third-order valence-electron chi connectivity index (χ3n) is 9.06. The number of carbonyl (C=O) groups excluding carboxylic acids is 2. The zero-order valence-electron chi connectivity index (χ0n) is 24.6. The fraction of sp³-hybridized carbons (Fsp3) is 0.314. The molecule has 2 saturated heterocycles.